The van der Waals surface area contributed by atoms with Gasteiger partial charge in [-0.15, -0.1) is 0 Å². The van der Waals surface area contributed by atoms with Crippen molar-refractivity contribution in [2.45, 2.75) is 38.1 Å². The first-order valence-electron chi connectivity index (χ1n) is 11.3. The third kappa shape index (κ3) is 5.50. The van der Waals surface area contributed by atoms with Crippen LogP contribution in [0.15, 0.2) is 65.7 Å². The molecule has 0 radical (unpaired) electrons. The molecule has 0 aliphatic heterocycles. The number of nitrogens with two attached hydrogens (primary N) is 1. The van der Waals surface area contributed by atoms with Crippen molar-refractivity contribution in [2.75, 3.05) is 6.54 Å². The lowest BCUT2D eigenvalue weighted by Crippen LogP contribution is -2.40. The van der Waals surface area contributed by atoms with Crippen molar-refractivity contribution in [3.63, 3.8) is 0 Å². The van der Waals surface area contributed by atoms with Gasteiger partial charge in [-0.25, -0.2) is 27.9 Å². The van der Waals surface area contributed by atoms with E-state index in [1.165, 1.54) is 12.1 Å². The largest absolute Gasteiger partial charge is 0.337 e. The molecular formula is C25H28N6O3S. The quantitative estimate of drug-likeness (QED) is 0.346. The van der Waals surface area contributed by atoms with Crippen LogP contribution in [-0.2, 0) is 29.4 Å². The average Bonchev–Trinajstić information content (AvgIpc) is 3.22. The summed E-state index contributed by atoms with van der Waals surface area (Å²) in [7, 11) is -3.96. The number of aromatic nitrogens is 3. The Morgan fingerprint density at radius 2 is 1.74 bits per heavy atom. The number of amides is 2. The third-order valence-corrected chi connectivity index (χ3v) is 6.96. The van der Waals surface area contributed by atoms with Crippen LogP contribution >= 0.6 is 0 Å². The van der Waals surface area contributed by atoms with Crippen LogP contribution < -0.4 is 15.8 Å². The van der Waals surface area contributed by atoms with E-state index in [2.05, 4.69) is 21.8 Å². The summed E-state index contributed by atoms with van der Waals surface area (Å²) in [6, 6.07) is 15.3. The smallest absolute Gasteiger partial charge is 0.328 e. The van der Waals surface area contributed by atoms with Crippen molar-refractivity contribution in [1.29, 1.82) is 0 Å². The first kappa shape index (κ1) is 24.4. The van der Waals surface area contributed by atoms with E-state index in [0.717, 1.165) is 45.8 Å². The van der Waals surface area contributed by atoms with E-state index in [1.54, 1.807) is 12.1 Å². The zero-order chi connectivity index (χ0) is 25.0. The summed E-state index contributed by atoms with van der Waals surface area (Å²) in [5.41, 5.74) is 11.0. The normalized spacial score (nSPS) is 11.5. The second kappa shape index (κ2) is 10.2. The molecule has 35 heavy (non-hydrogen) atoms. The highest BCUT2D eigenvalue weighted by Gasteiger charge is 2.17. The van der Waals surface area contributed by atoms with Crippen molar-refractivity contribution in [1.82, 2.24) is 24.6 Å². The molecular weight excluding hydrogens is 464 g/mol. The molecule has 0 aliphatic carbocycles. The maximum atomic E-state index is 12.4. The number of nitrogens with zero attached hydrogens (tertiary/aromatic N) is 3. The highest BCUT2D eigenvalue weighted by Crippen LogP contribution is 2.21. The molecule has 10 heteroatoms. The topological polar surface area (TPSA) is 132 Å². The van der Waals surface area contributed by atoms with E-state index in [0.29, 0.717) is 13.0 Å². The number of carbonyl (C=O) groups is 1. The fourth-order valence-electron chi connectivity index (χ4n) is 3.77. The van der Waals surface area contributed by atoms with Crippen molar-refractivity contribution in [3.05, 3.63) is 83.3 Å². The molecule has 2 amide bonds. The van der Waals surface area contributed by atoms with Gasteiger partial charge in [0.2, 0.25) is 0 Å². The number of sulfonamides is 1. The number of nitrogens with one attached hydrogen (secondary N) is 2. The first-order valence-corrected chi connectivity index (χ1v) is 12.8. The third-order valence-electron chi connectivity index (χ3n) is 5.61. The molecule has 0 saturated carbocycles. The van der Waals surface area contributed by atoms with Crippen LogP contribution in [0.4, 0.5) is 4.79 Å². The highest BCUT2D eigenvalue weighted by atomic mass is 32.2. The fraction of sp³-hybridized carbons (Fsp3) is 0.240. The van der Waals surface area contributed by atoms with E-state index in [4.69, 9.17) is 10.7 Å². The lowest BCUT2D eigenvalue weighted by Gasteiger charge is -2.10. The Labute approximate surface area is 204 Å². The maximum Gasteiger partial charge on any atom is 0.328 e. The van der Waals surface area contributed by atoms with Crippen LogP contribution in [0.3, 0.4) is 0 Å². The molecule has 0 atom stereocenters. The molecule has 0 unspecified atom stereocenters. The maximum absolute atomic E-state index is 12.4. The molecule has 9 nitrogen and oxygen atoms in total. The zero-order valence-electron chi connectivity index (χ0n) is 19.7. The minimum absolute atomic E-state index is 0.00330. The van der Waals surface area contributed by atoms with Gasteiger partial charge >= 0.3 is 6.03 Å². The van der Waals surface area contributed by atoms with E-state index in [9.17, 15) is 13.2 Å². The summed E-state index contributed by atoms with van der Waals surface area (Å²) in [4.78, 5) is 21.4. The molecule has 4 rings (SSSR count). The number of urea groups is 1. The van der Waals surface area contributed by atoms with Gasteiger partial charge in [0, 0.05) is 31.4 Å². The fourth-order valence-corrected chi connectivity index (χ4v) is 4.70. The number of aryl methyl sites for hydroxylation is 2. The Kier molecular flexibility index (Phi) is 7.13. The standard InChI is InChI=1S/C25H28N6O3S/c1-3-23-29-22-14-17(2)16-28-24(22)31(23)20-8-4-18(5-9-20)12-13-27-25(32)30-35(33,34)21-10-6-19(15-26)7-11-21/h4-11,14,16H,3,12-13,15,26H2,1-2H3,(H2,27,30,32). The van der Waals surface area contributed by atoms with Crippen molar-refractivity contribution in [3.8, 4) is 5.69 Å². The SMILES string of the molecule is CCc1nc2cc(C)cnc2n1-c1ccc(CCNC(=O)NS(=O)(=O)c2ccc(CN)cc2)cc1. The van der Waals surface area contributed by atoms with Crippen LogP contribution in [0.1, 0.15) is 29.4 Å². The number of hydrogen-bond donors (Lipinski definition) is 3. The Bertz CT molecular complexity index is 1450. The van der Waals surface area contributed by atoms with E-state index < -0.39 is 16.1 Å². The molecule has 2 heterocycles. The summed E-state index contributed by atoms with van der Waals surface area (Å²) in [5, 5.41) is 2.60. The van der Waals surface area contributed by atoms with E-state index in [1.807, 2.05) is 48.2 Å². The van der Waals surface area contributed by atoms with Crippen LogP contribution in [0, 0.1) is 6.92 Å². The summed E-state index contributed by atoms with van der Waals surface area (Å²) in [6.45, 7) is 4.65. The van der Waals surface area contributed by atoms with Gasteiger partial charge in [-0.05, 0) is 60.4 Å². The zero-order valence-corrected chi connectivity index (χ0v) is 20.5. The lowest BCUT2D eigenvalue weighted by atomic mass is 10.1. The van der Waals surface area contributed by atoms with Gasteiger partial charge in [0.1, 0.15) is 11.3 Å². The molecule has 182 valence electrons. The van der Waals surface area contributed by atoms with Gasteiger partial charge in [0.25, 0.3) is 10.0 Å². The molecule has 4 N–H and O–H groups in total. The van der Waals surface area contributed by atoms with Gasteiger partial charge in [-0.1, -0.05) is 31.2 Å². The Morgan fingerprint density at radius 3 is 2.40 bits per heavy atom. The van der Waals surface area contributed by atoms with Crippen LogP contribution in [0.25, 0.3) is 16.9 Å². The first-order chi connectivity index (χ1) is 16.8. The number of imidazole rings is 1. The molecule has 0 saturated heterocycles. The summed E-state index contributed by atoms with van der Waals surface area (Å²) >= 11 is 0. The minimum atomic E-state index is -3.96. The number of fused-ring (bicyclic) bond motifs is 1. The van der Waals surface area contributed by atoms with Crippen molar-refractivity contribution in [2.24, 2.45) is 5.73 Å². The Balaban J connectivity index is 1.37. The summed E-state index contributed by atoms with van der Waals surface area (Å²) in [5.74, 6) is 0.933. The number of hydrogen-bond acceptors (Lipinski definition) is 6. The van der Waals surface area contributed by atoms with Crippen molar-refractivity contribution < 1.29 is 13.2 Å². The number of pyridine rings is 1. The molecule has 0 spiro atoms. The number of carbonyl (C=O) groups excluding carboxylic acids is 1. The van der Waals surface area contributed by atoms with Gasteiger partial charge in [0.15, 0.2) is 5.65 Å². The monoisotopic (exact) mass is 492 g/mol. The molecule has 0 fully saturated rings. The Morgan fingerprint density at radius 1 is 1.06 bits per heavy atom. The van der Waals surface area contributed by atoms with E-state index in [-0.39, 0.29) is 11.4 Å². The predicted octanol–water partition coefficient (Wildman–Crippen LogP) is 2.98. The predicted molar refractivity (Wildman–Crippen MR) is 135 cm³/mol. The molecule has 2 aromatic heterocycles. The highest BCUT2D eigenvalue weighted by molar-refractivity contribution is 7.90. The molecule has 0 aliphatic rings. The van der Waals surface area contributed by atoms with Gasteiger partial charge in [0.05, 0.1) is 4.90 Å². The van der Waals surface area contributed by atoms with Gasteiger partial charge < -0.3 is 11.1 Å². The van der Waals surface area contributed by atoms with Crippen molar-refractivity contribution >= 4 is 27.2 Å². The minimum Gasteiger partial charge on any atom is -0.337 e. The van der Waals surface area contributed by atoms with Gasteiger partial charge in [-0.2, -0.15) is 0 Å². The number of rotatable bonds is 8. The summed E-state index contributed by atoms with van der Waals surface area (Å²) in [6.07, 6.45) is 3.15. The average molecular weight is 493 g/mol. The lowest BCUT2D eigenvalue weighted by molar-refractivity contribution is 0.246. The van der Waals surface area contributed by atoms with Crippen LogP contribution in [-0.4, -0.2) is 35.5 Å². The summed E-state index contributed by atoms with van der Waals surface area (Å²) < 4.78 is 28.8. The van der Waals surface area contributed by atoms with Gasteiger partial charge in [-0.3, -0.25) is 4.57 Å². The molecule has 4 aromatic rings. The van der Waals surface area contributed by atoms with Crippen LogP contribution in [0.5, 0.6) is 0 Å². The second-order valence-corrected chi connectivity index (χ2v) is 9.88. The molecule has 0 bridgehead atoms. The Hall–Kier alpha value is -3.76. The second-order valence-electron chi connectivity index (χ2n) is 8.20. The number of benzene rings is 2. The van der Waals surface area contributed by atoms with E-state index >= 15 is 0 Å². The van der Waals surface area contributed by atoms with Crippen LogP contribution in [0.2, 0.25) is 0 Å². The molecule has 2 aromatic carbocycles.